The van der Waals surface area contributed by atoms with Crippen LogP contribution in [0.15, 0.2) is 12.7 Å². The molecule has 0 fully saturated rings. The van der Waals surface area contributed by atoms with E-state index in [0.717, 1.165) is 6.08 Å². The standard InChI is InChI=1S/C4H6O2.Zr/c1-3-4(5)6-2;/h3H,1H2,2H3;. The first-order valence-corrected chi connectivity index (χ1v) is 1.51. The first-order valence-electron chi connectivity index (χ1n) is 1.51. The molecule has 0 N–H and O–H groups in total. The number of rotatable bonds is 1. The number of methoxy groups -OCH3 is 1. The summed E-state index contributed by atoms with van der Waals surface area (Å²) in [4.78, 5) is 9.84. The molecule has 0 aliphatic rings. The van der Waals surface area contributed by atoms with Crippen LogP contribution in [0.25, 0.3) is 0 Å². The third kappa shape index (κ3) is 6.09. The van der Waals surface area contributed by atoms with Gasteiger partial charge in [0.15, 0.2) is 0 Å². The van der Waals surface area contributed by atoms with Gasteiger partial charge in [-0.15, -0.1) is 0 Å². The van der Waals surface area contributed by atoms with E-state index in [4.69, 9.17) is 0 Å². The Bertz CT molecular complexity index is 70.1. The fourth-order valence-corrected chi connectivity index (χ4v) is 0.0833. The normalized spacial score (nSPS) is 5.86. The van der Waals surface area contributed by atoms with Gasteiger partial charge >= 0.3 is 5.97 Å². The van der Waals surface area contributed by atoms with Crippen LogP contribution < -0.4 is 0 Å². The number of hydrogen-bond donors (Lipinski definition) is 0. The molecule has 0 aromatic rings. The monoisotopic (exact) mass is 176 g/mol. The zero-order valence-electron chi connectivity index (χ0n) is 4.10. The Kier molecular flexibility index (Phi) is 8.84. The van der Waals surface area contributed by atoms with Crippen LogP contribution in [0.1, 0.15) is 0 Å². The largest absolute Gasteiger partial charge is 0.466 e. The summed E-state index contributed by atoms with van der Waals surface area (Å²) >= 11 is 0. The van der Waals surface area contributed by atoms with Gasteiger partial charge in [-0.25, -0.2) is 4.79 Å². The van der Waals surface area contributed by atoms with Crippen LogP contribution in [0, 0.1) is 0 Å². The Hall–Kier alpha value is 0.0931. The predicted molar refractivity (Wildman–Crippen MR) is 22.2 cm³/mol. The van der Waals surface area contributed by atoms with Gasteiger partial charge in [0.25, 0.3) is 0 Å². The Morgan fingerprint density at radius 1 is 1.86 bits per heavy atom. The van der Waals surface area contributed by atoms with E-state index < -0.39 is 5.97 Å². The molecule has 0 aliphatic carbocycles. The molecule has 0 bridgehead atoms. The molecule has 0 unspecified atom stereocenters. The molecule has 0 spiro atoms. The van der Waals surface area contributed by atoms with Crippen molar-refractivity contribution >= 4 is 5.97 Å². The van der Waals surface area contributed by atoms with Crippen LogP contribution in [0.3, 0.4) is 0 Å². The van der Waals surface area contributed by atoms with Crippen molar-refractivity contribution in [1.82, 2.24) is 0 Å². The van der Waals surface area contributed by atoms with E-state index in [9.17, 15) is 4.79 Å². The minimum absolute atomic E-state index is 0. The molecule has 0 heterocycles. The van der Waals surface area contributed by atoms with Crippen molar-refractivity contribution in [1.29, 1.82) is 0 Å². The van der Waals surface area contributed by atoms with Gasteiger partial charge < -0.3 is 4.74 Å². The summed E-state index contributed by atoms with van der Waals surface area (Å²) in [6.07, 6.45) is 1.11. The molecule has 0 radical (unpaired) electrons. The van der Waals surface area contributed by atoms with E-state index in [0.29, 0.717) is 0 Å². The van der Waals surface area contributed by atoms with Crippen LogP contribution in [-0.4, -0.2) is 13.1 Å². The van der Waals surface area contributed by atoms with Crippen molar-refractivity contribution < 1.29 is 35.7 Å². The van der Waals surface area contributed by atoms with E-state index in [-0.39, 0.29) is 26.2 Å². The van der Waals surface area contributed by atoms with Crippen molar-refractivity contribution in [2.45, 2.75) is 0 Å². The average Bonchev–Trinajstić information content (AvgIpc) is 1.65. The zero-order valence-corrected chi connectivity index (χ0v) is 6.56. The van der Waals surface area contributed by atoms with Gasteiger partial charge in [0.2, 0.25) is 0 Å². The third-order valence-electron chi connectivity index (χ3n) is 0.368. The summed E-state index contributed by atoms with van der Waals surface area (Å²) in [6, 6.07) is 0. The number of carbonyl (C=O) groups excluding carboxylic acids is 1. The van der Waals surface area contributed by atoms with Gasteiger partial charge in [-0.2, -0.15) is 0 Å². The molecule has 38 valence electrons. The van der Waals surface area contributed by atoms with Crippen LogP contribution in [0.2, 0.25) is 0 Å². The molecule has 0 saturated carbocycles. The smallest absolute Gasteiger partial charge is 0.329 e. The van der Waals surface area contributed by atoms with Gasteiger partial charge in [-0.05, 0) is 0 Å². The van der Waals surface area contributed by atoms with Crippen molar-refractivity contribution in [3.05, 3.63) is 12.7 Å². The molecule has 2 nitrogen and oxygen atoms in total. The maximum absolute atomic E-state index is 9.84. The molecule has 0 aliphatic heterocycles. The molecular formula is C4H6O2Zr. The van der Waals surface area contributed by atoms with E-state index in [1.807, 2.05) is 0 Å². The van der Waals surface area contributed by atoms with Crippen molar-refractivity contribution in [2.75, 3.05) is 7.11 Å². The number of carbonyl (C=O) groups is 1. The van der Waals surface area contributed by atoms with Gasteiger partial charge in [-0.1, -0.05) is 6.58 Å². The molecule has 0 aromatic heterocycles. The SMILES string of the molecule is C=CC(=O)OC.[Zr]. The van der Waals surface area contributed by atoms with Gasteiger partial charge in [0.1, 0.15) is 0 Å². The van der Waals surface area contributed by atoms with E-state index >= 15 is 0 Å². The zero-order chi connectivity index (χ0) is 4.99. The molecule has 0 aromatic carbocycles. The van der Waals surface area contributed by atoms with E-state index in [2.05, 4.69) is 11.3 Å². The summed E-state index contributed by atoms with van der Waals surface area (Å²) in [5.74, 6) is -0.394. The second-order valence-electron chi connectivity index (χ2n) is 0.727. The number of ether oxygens (including phenoxy) is 1. The second kappa shape index (κ2) is 6.09. The van der Waals surface area contributed by atoms with Crippen LogP contribution >= 0.6 is 0 Å². The summed E-state index contributed by atoms with van der Waals surface area (Å²) < 4.78 is 4.14. The predicted octanol–water partition coefficient (Wildman–Crippen LogP) is 0.343. The summed E-state index contributed by atoms with van der Waals surface area (Å²) in [6.45, 7) is 3.16. The maximum Gasteiger partial charge on any atom is 0.329 e. The average molecular weight is 177 g/mol. The summed E-state index contributed by atoms with van der Waals surface area (Å²) in [7, 11) is 1.31. The number of hydrogen-bond acceptors (Lipinski definition) is 2. The Labute approximate surface area is 61.7 Å². The fourth-order valence-electron chi connectivity index (χ4n) is 0.0833. The maximum atomic E-state index is 9.84. The first kappa shape index (κ1) is 10.2. The first-order chi connectivity index (χ1) is 2.81. The molecular weight excluding hydrogens is 171 g/mol. The van der Waals surface area contributed by atoms with Crippen molar-refractivity contribution in [2.24, 2.45) is 0 Å². The molecule has 0 rings (SSSR count). The summed E-state index contributed by atoms with van der Waals surface area (Å²) in [5.41, 5.74) is 0. The van der Waals surface area contributed by atoms with Gasteiger partial charge in [-0.3, -0.25) is 0 Å². The Morgan fingerprint density at radius 3 is 2.29 bits per heavy atom. The molecule has 3 heteroatoms. The van der Waals surface area contributed by atoms with Crippen molar-refractivity contribution in [3.8, 4) is 0 Å². The van der Waals surface area contributed by atoms with E-state index in [1.165, 1.54) is 7.11 Å². The molecule has 0 saturated heterocycles. The quantitative estimate of drug-likeness (QED) is 0.426. The van der Waals surface area contributed by atoms with Crippen LogP contribution in [0.5, 0.6) is 0 Å². The molecule has 0 atom stereocenters. The van der Waals surface area contributed by atoms with Crippen LogP contribution in [-0.2, 0) is 35.7 Å². The van der Waals surface area contributed by atoms with Crippen molar-refractivity contribution in [3.63, 3.8) is 0 Å². The van der Waals surface area contributed by atoms with E-state index in [1.54, 1.807) is 0 Å². The molecule has 0 amide bonds. The number of esters is 1. The summed E-state index contributed by atoms with van der Waals surface area (Å²) in [5, 5.41) is 0. The minimum atomic E-state index is -0.394. The Balaban J connectivity index is 0. The van der Waals surface area contributed by atoms with Crippen LogP contribution in [0.4, 0.5) is 0 Å². The molecule has 7 heavy (non-hydrogen) atoms. The van der Waals surface area contributed by atoms with Gasteiger partial charge in [0.05, 0.1) is 7.11 Å². The minimum Gasteiger partial charge on any atom is -0.466 e. The second-order valence-corrected chi connectivity index (χ2v) is 0.727. The Morgan fingerprint density at radius 2 is 2.29 bits per heavy atom. The third-order valence-corrected chi connectivity index (χ3v) is 0.368. The topological polar surface area (TPSA) is 26.3 Å². The van der Waals surface area contributed by atoms with Gasteiger partial charge in [0, 0.05) is 32.3 Å². The fraction of sp³-hybridized carbons (Fsp3) is 0.250.